The Morgan fingerprint density at radius 3 is 2.45 bits per heavy atom. The summed E-state index contributed by atoms with van der Waals surface area (Å²) in [4.78, 5) is 18.8. The summed E-state index contributed by atoms with van der Waals surface area (Å²) in [5, 5.41) is 0. The molecule has 0 unspecified atom stereocenters. The normalized spacial score (nSPS) is 16.0. The van der Waals surface area contributed by atoms with Gasteiger partial charge in [0.2, 0.25) is 0 Å². The minimum atomic E-state index is 0.235. The predicted octanol–water partition coefficient (Wildman–Crippen LogP) is 4.00. The maximum absolute atomic E-state index is 10.7. The zero-order chi connectivity index (χ0) is 13.8. The Labute approximate surface area is 119 Å². The van der Waals surface area contributed by atoms with E-state index in [2.05, 4.69) is 34.2 Å². The molecule has 1 aliphatic carbocycles. The average molecular weight is 266 g/mol. The molecule has 0 radical (unpaired) electrons. The van der Waals surface area contributed by atoms with Gasteiger partial charge in [0, 0.05) is 11.8 Å². The minimum absolute atomic E-state index is 0.235. The van der Waals surface area contributed by atoms with Gasteiger partial charge < -0.3 is 0 Å². The van der Waals surface area contributed by atoms with E-state index in [4.69, 9.17) is 0 Å². The molecule has 0 saturated heterocycles. The van der Waals surface area contributed by atoms with Crippen molar-refractivity contribution in [2.45, 2.75) is 38.0 Å². The van der Waals surface area contributed by atoms with E-state index in [-0.39, 0.29) is 5.82 Å². The van der Waals surface area contributed by atoms with Crippen LogP contribution in [0.1, 0.15) is 54.2 Å². The van der Waals surface area contributed by atoms with Crippen LogP contribution in [-0.4, -0.2) is 16.3 Å². The van der Waals surface area contributed by atoms with Crippen molar-refractivity contribution in [1.29, 1.82) is 0 Å². The molecule has 2 aromatic rings. The third-order valence-electron chi connectivity index (χ3n) is 4.06. The molecule has 3 rings (SSSR count). The zero-order valence-electron chi connectivity index (χ0n) is 11.5. The SMILES string of the molecule is O=Cc1nccc(-c2ccc(C3CCCCC3)cc2)n1. The van der Waals surface area contributed by atoms with Crippen LogP contribution >= 0.6 is 0 Å². The van der Waals surface area contributed by atoms with Crippen molar-refractivity contribution >= 4 is 6.29 Å². The fraction of sp³-hybridized carbons (Fsp3) is 0.353. The highest BCUT2D eigenvalue weighted by Crippen LogP contribution is 2.33. The lowest BCUT2D eigenvalue weighted by Crippen LogP contribution is -2.04. The summed E-state index contributed by atoms with van der Waals surface area (Å²) >= 11 is 0. The second-order valence-corrected chi connectivity index (χ2v) is 5.37. The molecule has 0 aliphatic heterocycles. The first-order valence-electron chi connectivity index (χ1n) is 7.25. The lowest BCUT2D eigenvalue weighted by atomic mass is 9.84. The van der Waals surface area contributed by atoms with Crippen LogP contribution < -0.4 is 0 Å². The first kappa shape index (κ1) is 13.0. The molecule has 3 heteroatoms. The van der Waals surface area contributed by atoms with E-state index < -0.39 is 0 Å². The summed E-state index contributed by atoms with van der Waals surface area (Å²) in [6, 6.07) is 10.4. The van der Waals surface area contributed by atoms with E-state index in [1.54, 1.807) is 6.20 Å². The molecule has 0 amide bonds. The van der Waals surface area contributed by atoms with Crippen LogP contribution in [0.2, 0.25) is 0 Å². The topological polar surface area (TPSA) is 42.9 Å². The van der Waals surface area contributed by atoms with E-state index in [1.165, 1.54) is 37.7 Å². The highest BCUT2D eigenvalue weighted by atomic mass is 16.1. The Hall–Kier alpha value is -2.03. The molecule has 20 heavy (non-hydrogen) atoms. The van der Waals surface area contributed by atoms with Crippen LogP contribution in [0.3, 0.4) is 0 Å². The maximum atomic E-state index is 10.7. The summed E-state index contributed by atoms with van der Waals surface area (Å²) in [5.74, 6) is 0.951. The van der Waals surface area contributed by atoms with Gasteiger partial charge in [0.05, 0.1) is 5.69 Å². The molecule has 1 aliphatic rings. The van der Waals surface area contributed by atoms with Crippen molar-refractivity contribution in [2.75, 3.05) is 0 Å². The summed E-state index contributed by atoms with van der Waals surface area (Å²) in [6.07, 6.45) is 9.00. The number of benzene rings is 1. The van der Waals surface area contributed by atoms with Crippen molar-refractivity contribution in [2.24, 2.45) is 0 Å². The third-order valence-corrected chi connectivity index (χ3v) is 4.06. The van der Waals surface area contributed by atoms with Gasteiger partial charge in [-0.2, -0.15) is 0 Å². The average Bonchev–Trinajstić information content (AvgIpc) is 2.56. The van der Waals surface area contributed by atoms with Gasteiger partial charge in [-0.1, -0.05) is 43.5 Å². The Balaban J connectivity index is 1.83. The number of aldehydes is 1. The van der Waals surface area contributed by atoms with Crippen LogP contribution in [0.25, 0.3) is 11.3 Å². The molecule has 1 saturated carbocycles. The van der Waals surface area contributed by atoms with E-state index >= 15 is 0 Å². The first-order chi connectivity index (χ1) is 9.86. The van der Waals surface area contributed by atoms with Crippen LogP contribution in [0.5, 0.6) is 0 Å². The van der Waals surface area contributed by atoms with E-state index in [1.807, 2.05) is 6.07 Å². The van der Waals surface area contributed by atoms with Gasteiger partial charge in [0.25, 0.3) is 0 Å². The number of aromatic nitrogens is 2. The smallest absolute Gasteiger partial charge is 0.193 e. The number of carbonyl (C=O) groups excluding carboxylic acids is 1. The monoisotopic (exact) mass is 266 g/mol. The first-order valence-corrected chi connectivity index (χ1v) is 7.25. The summed E-state index contributed by atoms with van der Waals surface area (Å²) in [5.41, 5.74) is 3.27. The van der Waals surface area contributed by atoms with E-state index in [0.29, 0.717) is 12.2 Å². The second-order valence-electron chi connectivity index (χ2n) is 5.37. The van der Waals surface area contributed by atoms with Crippen LogP contribution in [0.4, 0.5) is 0 Å². The van der Waals surface area contributed by atoms with Crippen molar-refractivity contribution < 1.29 is 4.79 Å². The molecule has 0 spiro atoms. The van der Waals surface area contributed by atoms with Crippen LogP contribution in [0.15, 0.2) is 36.5 Å². The van der Waals surface area contributed by atoms with Gasteiger partial charge in [-0.25, -0.2) is 9.97 Å². The fourth-order valence-corrected chi connectivity index (χ4v) is 2.95. The molecule has 102 valence electrons. The largest absolute Gasteiger partial charge is 0.294 e. The summed E-state index contributed by atoms with van der Waals surface area (Å²) < 4.78 is 0. The molecule has 1 aromatic heterocycles. The minimum Gasteiger partial charge on any atom is -0.294 e. The Kier molecular flexibility index (Phi) is 3.86. The third kappa shape index (κ3) is 2.77. The van der Waals surface area contributed by atoms with E-state index in [9.17, 15) is 4.79 Å². The Morgan fingerprint density at radius 1 is 1.00 bits per heavy atom. The molecular formula is C17H18N2O. The van der Waals surface area contributed by atoms with Gasteiger partial charge in [0.15, 0.2) is 12.1 Å². The zero-order valence-corrected chi connectivity index (χ0v) is 11.5. The highest BCUT2D eigenvalue weighted by Gasteiger charge is 2.15. The standard InChI is InChI=1S/C17H18N2O/c20-12-17-18-11-10-16(19-17)15-8-6-14(7-9-15)13-4-2-1-3-5-13/h6-13H,1-5H2. The van der Waals surface area contributed by atoms with Gasteiger partial charge in [-0.15, -0.1) is 0 Å². The van der Waals surface area contributed by atoms with Crippen LogP contribution in [-0.2, 0) is 0 Å². The molecule has 1 aromatic carbocycles. The Morgan fingerprint density at radius 2 is 1.75 bits per heavy atom. The summed E-state index contributed by atoms with van der Waals surface area (Å²) in [7, 11) is 0. The van der Waals surface area contributed by atoms with Crippen molar-refractivity contribution in [3.63, 3.8) is 0 Å². The van der Waals surface area contributed by atoms with Crippen molar-refractivity contribution in [3.05, 3.63) is 47.9 Å². The van der Waals surface area contributed by atoms with E-state index in [0.717, 1.165) is 11.3 Å². The highest BCUT2D eigenvalue weighted by molar-refractivity contribution is 5.70. The quantitative estimate of drug-likeness (QED) is 0.788. The lowest BCUT2D eigenvalue weighted by molar-refractivity contribution is 0.111. The van der Waals surface area contributed by atoms with Gasteiger partial charge in [-0.3, -0.25) is 4.79 Å². The number of rotatable bonds is 3. The van der Waals surface area contributed by atoms with Crippen molar-refractivity contribution in [3.8, 4) is 11.3 Å². The second kappa shape index (κ2) is 5.95. The molecule has 0 bridgehead atoms. The predicted molar refractivity (Wildman–Crippen MR) is 78.7 cm³/mol. The van der Waals surface area contributed by atoms with Gasteiger partial charge in [-0.05, 0) is 30.4 Å². The maximum Gasteiger partial charge on any atom is 0.193 e. The molecule has 3 nitrogen and oxygen atoms in total. The molecule has 1 heterocycles. The lowest BCUT2D eigenvalue weighted by Gasteiger charge is -2.22. The molecular weight excluding hydrogens is 248 g/mol. The number of hydrogen-bond donors (Lipinski definition) is 0. The summed E-state index contributed by atoms with van der Waals surface area (Å²) in [6.45, 7) is 0. The van der Waals surface area contributed by atoms with Crippen LogP contribution in [0, 0.1) is 0 Å². The molecule has 0 atom stereocenters. The number of hydrogen-bond acceptors (Lipinski definition) is 3. The number of nitrogens with zero attached hydrogens (tertiary/aromatic N) is 2. The Bertz CT molecular complexity index is 586. The van der Waals surface area contributed by atoms with Crippen molar-refractivity contribution in [1.82, 2.24) is 9.97 Å². The number of carbonyl (C=O) groups is 1. The molecule has 1 fully saturated rings. The van der Waals surface area contributed by atoms with Gasteiger partial charge >= 0.3 is 0 Å². The fourth-order valence-electron chi connectivity index (χ4n) is 2.95. The molecule has 0 N–H and O–H groups in total. The van der Waals surface area contributed by atoms with Gasteiger partial charge in [0.1, 0.15) is 0 Å².